The molecule has 5 nitrogen and oxygen atoms in total. The molecule has 1 amide bonds. The normalized spacial score (nSPS) is 14.7. The first-order valence-corrected chi connectivity index (χ1v) is 4.73. The molecule has 0 aromatic carbocycles. The topological polar surface area (TPSA) is 92.4 Å². The SMILES string of the molecule is CC[C@@H](C)[C@@H](NCCC(N)=O)C(=O)O. The van der Waals surface area contributed by atoms with Gasteiger partial charge in [0.1, 0.15) is 6.04 Å². The van der Waals surface area contributed by atoms with Gasteiger partial charge < -0.3 is 16.2 Å². The van der Waals surface area contributed by atoms with Crippen molar-refractivity contribution in [3.63, 3.8) is 0 Å². The zero-order chi connectivity index (χ0) is 11.1. The molecule has 0 aromatic rings. The Kier molecular flexibility index (Phi) is 5.87. The number of primary amides is 1. The molecule has 0 fully saturated rings. The predicted molar refractivity (Wildman–Crippen MR) is 52.7 cm³/mol. The van der Waals surface area contributed by atoms with Crippen LogP contribution in [-0.2, 0) is 9.59 Å². The summed E-state index contributed by atoms with van der Waals surface area (Å²) in [5.74, 6) is -1.27. The molecule has 14 heavy (non-hydrogen) atoms. The summed E-state index contributed by atoms with van der Waals surface area (Å²) in [6.45, 7) is 4.10. The third-order valence-electron chi connectivity index (χ3n) is 2.21. The molecule has 0 aliphatic rings. The molecule has 0 saturated carbocycles. The van der Waals surface area contributed by atoms with Gasteiger partial charge >= 0.3 is 5.97 Å². The number of carbonyl (C=O) groups excluding carboxylic acids is 1. The van der Waals surface area contributed by atoms with Crippen molar-refractivity contribution in [3.8, 4) is 0 Å². The minimum Gasteiger partial charge on any atom is -0.480 e. The quantitative estimate of drug-likeness (QED) is 0.539. The number of amides is 1. The van der Waals surface area contributed by atoms with E-state index < -0.39 is 17.9 Å². The van der Waals surface area contributed by atoms with Gasteiger partial charge in [-0.15, -0.1) is 0 Å². The lowest BCUT2D eigenvalue weighted by Gasteiger charge is -2.19. The molecule has 0 radical (unpaired) electrons. The third-order valence-corrected chi connectivity index (χ3v) is 2.21. The molecule has 0 spiro atoms. The fourth-order valence-corrected chi connectivity index (χ4v) is 1.12. The van der Waals surface area contributed by atoms with Crippen LogP contribution in [0.3, 0.4) is 0 Å². The third kappa shape index (κ3) is 4.81. The van der Waals surface area contributed by atoms with Gasteiger partial charge in [-0.3, -0.25) is 9.59 Å². The highest BCUT2D eigenvalue weighted by atomic mass is 16.4. The van der Waals surface area contributed by atoms with Crippen molar-refractivity contribution >= 4 is 11.9 Å². The van der Waals surface area contributed by atoms with E-state index >= 15 is 0 Å². The van der Waals surface area contributed by atoms with E-state index in [9.17, 15) is 9.59 Å². The number of carboxylic acids is 1. The van der Waals surface area contributed by atoms with Crippen LogP contribution in [0.1, 0.15) is 26.7 Å². The lowest BCUT2D eigenvalue weighted by molar-refractivity contribution is -0.141. The van der Waals surface area contributed by atoms with E-state index in [2.05, 4.69) is 5.32 Å². The summed E-state index contributed by atoms with van der Waals surface area (Å²) in [6.07, 6.45) is 0.945. The number of carbonyl (C=O) groups is 2. The van der Waals surface area contributed by atoms with Gasteiger partial charge in [0, 0.05) is 13.0 Å². The molecule has 4 N–H and O–H groups in total. The fraction of sp³-hybridized carbons (Fsp3) is 0.778. The first-order chi connectivity index (χ1) is 6.49. The Labute approximate surface area is 83.7 Å². The number of carboxylic acid groups (broad SMARTS) is 1. The van der Waals surface area contributed by atoms with E-state index in [1.807, 2.05) is 13.8 Å². The minimum absolute atomic E-state index is 0.0420. The number of hydrogen-bond acceptors (Lipinski definition) is 3. The molecule has 5 heteroatoms. The van der Waals surface area contributed by atoms with E-state index in [-0.39, 0.29) is 12.3 Å². The van der Waals surface area contributed by atoms with Crippen molar-refractivity contribution < 1.29 is 14.7 Å². The highest BCUT2D eigenvalue weighted by molar-refractivity contribution is 5.75. The smallest absolute Gasteiger partial charge is 0.320 e. The molecule has 0 aliphatic carbocycles. The molecule has 0 bridgehead atoms. The number of aliphatic carboxylic acids is 1. The number of nitrogens with one attached hydrogen (secondary N) is 1. The Morgan fingerprint density at radius 3 is 2.43 bits per heavy atom. The molecule has 0 aromatic heterocycles. The van der Waals surface area contributed by atoms with Gasteiger partial charge in [-0.2, -0.15) is 0 Å². The monoisotopic (exact) mass is 202 g/mol. The second kappa shape index (κ2) is 6.37. The van der Waals surface area contributed by atoms with Crippen molar-refractivity contribution in [1.82, 2.24) is 5.32 Å². The minimum atomic E-state index is -0.885. The molecule has 0 saturated heterocycles. The molecular weight excluding hydrogens is 184 g/mol. The first-order valence-electron chi connectivity index (χ1n) is 4.73. The van der Waals surface area contributed by atoms with Gasteiger partial charge in [-0.25, -0.2) is 0 Å². The maximum absolute atomic E-state index is 10.8. The zero-order valence-corrected chi connectivity index (χ0v) is 8.62. The standard InChI is InChI=1S/C9H18N2O3/c1-3-6(2)8(9(13)14)11-5-4-7(10)12/h6,8,11H,3-5H2,1-2H3,(H2,10,12)(H,13,14)/t6-,8-/m1/s1. The van der Waals surface area contributed by atoms with E-state index in [4.69, 9.17) is 10.8 Å². The van der Waals surface area contributed by atoms with Crippen molar-refractivity contribution in [1.29, 1.82) is 0 Å². The van der Waals surface area contributed by atoms with Crippen LogP contribution in [0.2, 0.25) is 0 Å². The summed E-state index contributed by atoms with van der Waals surface area (Å²) in [7, 11) is 0. The van der Waals surface area contributed by atoms with E-state index in [0.717, 1.165) is 6.42 Å². The number of nitrogens with two attached hydrogens (primary N) is 1. The molecular formula is C9H18N2O3. The summed E-state index contributed by atoms with van der Waals surface area (Å²) < 4.78 is 0. The Morgan fingerprint density at radius 2 is 2.07 bits per heavy atom. The van der Waals surface area contributed by atoms with E-state index in [0.29, 0.717) is 6.54 Å². The van der Waals surface area contributed by atoms with Crippen LogP contribution in [0.25, 0.3) is 0 Å². The molecule has 0 rings (SSSR count). The highest BCUT2D eigenvalue weighted by Gasteiger charge is 2.22. The van der Waals surface area contributed by atoms with Gasteiger partial charge in [0.15, 0.2) is 0 Å². The fourth-order valence-electron chi connectivity index (χ4n) is 1.12. The summed E-state index contributed by atoms with van der Waals surface area (Å²) in [4.78, 5) is 21.2. The van der Waals surface area contributed by atoms with Crippen LogP contribution in [0.15, 0.2) is 0 Å². The number of rotatable bonds is 7. The maximum atomic E-state index is 10.8. The van der Waals surface area contributed by atoms with Gasteiger partial charge in [0.05, 0.1) is 0 Å². The average molecular weight is 202 g/mol. The van der Waals surface area contributed by atoms with Crippen molar-refractivity contribution in [3.05, 3.63) is 0 Å². The number of hydrogen-bond donors (Lipinski definition) is 3. The predicted octanol–water partition coefficient (Wildman–Crippen LogP) is -0.0493. The van der Waals surface area contributed by atoms with Crippen molar-refractivity contribution in [2.24, 2.45) is 11.7 Å². The Morgan fingerprint density at radius 1 is 1.50 bits per heavy atom. The van der Waals surface area contributed by atoms with Crippen LogP contribution >= 0.6 is 0 Å². The molecule has 0 aliphatic heterocycles. The van der Waals surface area contributed by atoms with Crippen molar-refractivity contribution in [2.75, 3.05) is 6.54 Å². The Hall–Kier alpha value is -1.10. The van der Waals surface area contributed by atoms with Gasteiger partial charge in [0.25, 0.3) is 0 Å². The Bertz CT molecular complexity index is 206. The van der Waals surface area contributed by atoms with Crippen molar-refractivity contribution in [2.45, 2.75) is 32.7 Å². The van der Waals surface area contributed by atoms with Crippen LogP contribution in [0.5, 0.6) is 0 Å². The van der Waals surface area contributed by atoms with E-state index in [1.165, 1.54) is 0 Å². The first kappa shape index (κ1) is 12.9. The van der Waals surface area contributed by atoms with Crippen LogP contribution < -0.4 is 11.1 Å². The second-order valence-electron chi connectivity index (χ2n) is 3.37. The average Bonchev–Trinajstić information content (AvgIpc) is 2.10. The van der Waals surface area contributed by atoms with Gasteiger partial charge in [-0.05, 0) is 5.92 Å². The zero-order valence-electron chi connectivity index (χ0n) is 8.62. The summed E-state index contributed by atoms with van der Waals surface area (Å²) >= 11 is 0. The second-order valence-corrected chi connectivity index (χ2v) is 3.37. The van der Waals surface area contributed by atoms with Crippen LogP contribution in [0, 0.1) is 5.92 Å². The molecule has 0 heterocycles. The molecule has 2 atom stereocenters. The Balaban J connectivity index is 3.98. The summed E-state index contributed by atoms with van der Waals surface area (Å²) in [5, 5.41) is 11.7. The lowest BCUT2D eigenvalue weighted by Crippen LogP contribution is -2.42. The van der Waals surface area contributed by atoms with Crippen LogP contribution in [-0.4, -0.2) is 29.6 Å². The van der Waals surface area contributed by atoms with Gasteiger partial charge in [-0.1, -0.05) is 20.3 Å². The van der Waals surface area contributed by atoms with Gasteiger partial charge in [0.2, 0.25) is 5.91 Å². The summed E-state index contributed by atoms with van der Waals surface area (Å²) in [6, 6.07) is -0.598. The highest BCUT2D eigenvalue weighted by Crippen LogP contribution is 2.07. The molecule has 0 unspecified atom stereocenters. The lowest BCUT2D eigenvalue weighted by atomic mass is 9.99. The molecule has 82 valence electrons. The maximum Gasteiger partial charge on any atom is 0.320 e. The largest absolute Gasteiger partial charge is 0.480 e. The summed E-state index contributed by atoms with van der Waals surface area (Å²) in [5.41, 5.74) is 4.94. The van der Waals surface area contributed by atoms with Crippen LogP contribution in [0.4, 0.5) is 0 Å². The van der Waals surface area contributed by atoms with E-state index in [1.54, 1.807) is 0 Å².